The van der Waals surface area contributed by atoms with E-state index in [1.54, 1.807) is 4.68 Å². The van der Waals surface area contributed by atoms with Gasteiger partial charge in [-0.3, -0.25) is 4.68 Å². The van der Waals surface area contributed by atoms with Gasteiger partial charge in [-0.25, -0.2) is 4.79 Å². The number of hydrogen-bond acceptors (Lipinski definition) is 4. The van der Waals surface area contributed by atoms with Gasteiger partial charge in [0.25, 0.3) is 0 Å². The first-order chi connectivity index (χ1) is 9.20. The smallest absolute Gasteiger partial charge is 0.348 e. The van der Waals surface area contributed by atoms with Crippen LogP contribution in [0.2, 0.25) is 0 Å². The highest BCUT2D eigenvalue weighted by Crippen LogP contribution is 2.33. The molecule has 0 bridgehead atoms. The van der Waals surface area contributed by atoms with Crippen LogP contribution in [-0.4, -0.2) is 22.9 Å². The van der Waals surface area contributed by atoms with Crippen LogP contribution in [-0.2, 0) is 11.8 Å². The van der Waals surface area contributed by atoms with E-state index in [4.69, 9.17) is 4.74 Å². The lowest BCUT2D eigenvalue weighted by Crippen LogP contribution is -1.97. The Hall–Kier alpha value is -2.14. The monoisotopic (exact) mass is 272 g/mol. The number of ether oxygens (including phenoxy) is 1. The van der Waals surface area contributed by atoms with E-state index in [2.05, 4.69) is 5.10 Å². The van der Waals surface area contributed by atoms with Gasteiger partial charge < -0.3 is 4.74 Å². The number of esters is 1. The van der Waals surface area contributed by atoms with Gasteiger partial charge in [0, 0.05) is 18.0 Å². The van der Waals surface area contributed by atoms with Crippen molar-refractivity contribution >= 4 is 27.5 Å². The van der Waals surface area contributed by atoms with Crippen LogP contribution in [0.5, 0.6) is 0 Å². The van der Waals surface area contributed by atoms with Crippen molar-refractivity contribution in [2.24, 2.45) is 7.05 Å². The van der Waals surface area contributed by atoms with Gasteiger partial charge in [0.05, 0.1) is 7.11 Å². The minimum Gasteiger partial charge on any atom is -0.465 e. The van der Waals surface area contributed by atoms with E-state index < -0.39 is 0 Å². The highest BCUT2D eigenvalue weighted by atomic mass is 32.1. The third-order valence-corrected chi connectivity index (χ3v) is 4.13. The molecule has 0 aliphatic carbocycles. The van der Waals surface area contributed by atoms with Crippen molar-refractivity contribution < 1.29 is 9.53 Å². The molecule has 96 valence electrons. The summed E-state index contributed by atoms with van der Waals surface area (Å²) in [6, 6.07) is 11.8. The molecule has 3 rings (SSSR count). The van der Waals surface area contributed by atoms with Crippen LogP contribution >= 0.6 is 11.3 Å². The molecule has 2 aromatic heterocycles. The Morgan fingerprint density at radius 1 is 1.32 bits per heavy atom. The number of fused-ring (bicyclic) bond motifs is 1. The molecule has 0 aliphatic heterocycles. The fraction of sp³-hybridized carbons (Fsp3) is 0.143. The fourth-order valence-corrected chi connectivity index (χ4v) is 3.04. The van der Waals surface area contributed by atoms with Gasteiger partial charge >= 0.3 is 5.97 Å². The van der Waals surface area contributed by atoms with Crippen molar-refractivity contribution in [3.63, 3.8) is 0 Å². The molecule has 0 spiro atoms. The molecule has 0 fully saturated rings. The number of aryl methyl sites for hydroxylation is 1. The summed E-state index contributed by atoms with van der Waals surface area (Å²) in [6.07, 6.45) is 0. The van der Waals surface area contributed by atoms with E-state index in [-0.39, 0.29) is 5.97 Å². The number of carbonyl (C=O) groups excluding carboxylic acids is 1. The van der Waals surface area contributed by atoms with Crippen LogP contribution in [0, 0.1) is 0 Å². The number of carbonyl (C=O) groups is 1. The predicted octanol–water partition coefficient (Wildman–Crippen LogP) is 3.09. The number of nitrogens with zero attached hydrogens (tertiary/aromatic N) is 2. The summed E-state index contributed by atoms with van der Waals surface area (Å²) in [7, 11) is 3.27. The zero-order valence-corrected chi connectivity index (χ0v) is 11.4. The van der Waals surface area contributed by atoms with Crippen LogP contribution < -0.4 is 0 Å². The number of aromatic nitrogens is 2. The number of benzene rings is 1. The SMILES string of the molecule is COC(=O)c1cc2c(-c3ccccc3)nn(C)c2s1. The van der Waals surface area contributed by atoms with E-state index in [9.17, 15) is 4.79 Å². The van der Waals surface area contributed by atoms with Crippen LogP contribution in [0.25, 0.3) is 21.5 Å². The number of methoxy groups -OCH3 is 1. The molecule has 0 saturated heterocycles. The van der Waals surface area contributed by atoms with E-state index in [0.29, 0.717) is 4.88 Å². The van der Waals surface area contributed by atoms with Crippen molar-refractivity contribution in [3.05, 3.63) is 41.3 Å². The van der Waals surface area contributed by atoms with Gasteiger partial charge in [-0.05, 0) is 6.07 Å². The van der Waals surface area contributed by atoms with E-state index in [1.165, 1.54) is 18.4 Å². The summed E-state index contributed by atoms with van der Waals surface area (Å²) >= 11 is 1.40. The Balaban J connectivity index is 2.21. The van der Waals surface area contributed by atoms with Gasteiger partial charge in [0.15, 0.2) is 0 Å². The minimum absolute atomic E-state index is 0.305. The van der Waals surface area contributed by atoms with Crippen molar-refractivity contribution in [2.45, 2.75) is 0 Å². The largest absolute Gasteiger partial charge is 0.465 e. The first-order valence-corrected chi connectivity index (χ1v) is 6.62. The van der Waals surface area contributed by atoms with Crippen LogP contribution in [0.4, 0.5) is 0 Å². The molecule has 0 N–H and O–H groups in total. The zero-order valence-electron chi connectivity index (χ0n) is 10.6. The Labute approximate surface area is 114 Å². The summed E-state index contributed by atoms with van der Waals surface area (Å²) in [4.78, 5) is 13.2. The van der Waals surface area contributed by atoms with Crippen LogP contribution in [0.1, 0.15) is 9.67 Å². The van der Waals surface area contributed by atoms with Gasteiger partial charge in [-0.15, -0.1) is 11.3 Å². The molecular formula is C14H12N2O2S. The minimum atomic E-state index is -0.305. The molecule has 0 atom stereocenters. The molecule has 5 heteroatoms. The van der Waals surface area contributed by atoms with Crippen LogP contribution in [0.3, 0.4) is 0 Å². The van der Waals surface area contributed by atoms with Crippen molar-refractivity contribution in [1.29, 1.82) is 0 Å². The normalized spacial score (nSPS) is 10.8. The van der Waals surface area contributed by atoms with Gasteiger partial charge in [0.2, 0.25) is 0 Å². The van der Waals surface area contributed by atoms with Gasteiger partial charge in [-0.1, -0.05) is 30.3 Å². The average Bonchev–Trinajstić information content (AvgIpc) is 3.00. The Morgan fingerprint density at radius 3 is 2.74 bits per heavy atom. The lowest BCUT2D eigenvalue weighted by atomic mass is 10.1. The quantitative estimate of drug-likeness (QED) is 0.673. The van der Waals surface area contributed by atoms with Crippen molar-refractivity contribution in [2.75, 3.05) is 7.11 Å². The second kappa shape index (κ2) is 4.51. The maximum Gasteiger partial charge on any atom is 0.348 e. The predicted molar refractivity (Wildman–Crippen MR) is 75.4 cm³/mol. The number of hydrogen-bond donors (Lipinski definition) is 0. The molecule has 0 amide bonds. The fourth-order valence-electron chi connectivity index (χ4n) is 2.05. The molecular weight excluding hydrogens is 260 g/mol. The highest BCUT2D eigenvalue weighted by Gasteiger charge is 2.17. The van der Waals surface area contributed by atoms with Gasteiger partial charge in [0.1, 0.15) is 15.4 Å². The van der Waals surface area contributed by atoms with Crippen LogP contribution in [0.15, 0.2) is 36.4 Å². The average molecular weight is 272 g/mol. The molecule has 4 nitrogen and oxygen atoms in total. The summed E-state index contributed by atoms with van der Waals surface area (Å²) < 4.78 is 6.56. The lowest BCUT2D eigenvalue weighted by Gasteiger charge is -1.96. The topological polar surface area (TPSA) is 44.1 Å². The lowest BCUT2D eigenvalue weighted by molar-refractivity contribution is 0.0606. The molecule has 3 aromatic rings. The van der Waals surface area contributed by atoms with E-state index >= 15 is 0 Å². The Bertz CT molecular complexity index is 743. The molecule has 2 heterocycles. The molecule has 0 aliphatic rings. The first kappa shape index (κ1) is 11.9. The Morgan fingerprint density at radius 2 is 2.05 bits per heavy atom. The Kier molecular flexibility index (Phi) is 2.83. The maximum atomic E-state index is 11.6. The summed E-state index contributed by atoms with van der Waals surface area (Å²) in [5, 5.41) is 5.51. The zero-order chi connectivity index (χ0) is 13.4. The molecule has 19 heavy (non-hydrogen) atoms. The summed E-state index contributed by atoms with van der Waals surface area (Å²) in [5.41, 5.74) is 1.94. The summed E-state index contributed by atoms with van der Waals surface area (Å²) in [5.74, 6) is -0.305. The van der Waals surface area contributed by atoms with Gasteiger partial charge in [-0.2, -0.15) is 5.10 Å². The molecule has 0 radical (unpaired) electrons. The molecule has 0 unspecified atom stereocenters. The highest BCUT2D eigenvalue weighted by molar-refractivity contribution is 7.20. The first-order valence-electron chi connectivity index (χ1n) is 5.81. The number of thiophene rings is 1. The third-order valence-electron chi connectivity index (χ3n) is 2.95. The third kappa shape index (κ3) is 1.92. The summed E-state index contributed by atoms with van der Waals surface area (Å²) in [6.45, 7) is 0. The second-order valence-electron chi connectivity index (χ2n) is 4.16. The molecule has 0 saturated carbocycles. The van der Waals surface area contributed by atoms with Crippen molar-refractivity contribution in [3.8, 4) is 11.3 Å². The standard InChI is InChI=1S/C14H12N2O2S/c1-16-13-10(8-11(19-13)14(17)18-2)12(15-16)9-6-4-3-5-7-9/h3-8H,1-2H3. The molecule has 1 aromatic carbocycles. The second-order valence-corrected chi connectivity index (χ2v) is 5.19. The van der Waals surface area contributed by atoms with E-state index in [0.717, 1.165) is 21.5 Å². The van der Waals surface area contributed by atoms with E-state index in [1.807, 2.05) is 43.4 Å². The maximum absolute atomic E-state index is 11.6. The van der Waals surface area contributed by atoms with Crippen molar-refractivity contribution in [1.82, 2.24) is 9.78 Å². The number of rotatable bonds is 2.